The molecule has 0 saturated heterocycles. The molecule has 0 aliphatic rings. The van der Waals surface area contributed by atoms with Gasteiger partial charge < -0.3 is 9.55 Å². The summed E-state index contributed by atoms with van der Waals surface area (Å²) in [7, 11) is 0. The van der Waals surface area contributed by atoms with Crippen LogP contribution in [0.5, 0.6) is 0 Å². The molecule has 156 valence electrons. The Morgan fingerprint density at radius 2 is 1.50 bits per heavy atom. The van der Waals surface area contributed by atoms with E-state index in [1.807, 2.05) is 83.6 Å². The Labute approximate surface area is 203 Å². The number of benzene rings is 3. The number of hydrogen-bond donors (Lipinski definition) is 0. The van der Waals surface area contributed by atoms with Crippen molar-refractivity contribution >= 4 is 0 Å². The van der Waals surface area contributed by atoms with Crippen LogP contribution in [-0.2, 0) is 20.1 Å². The summed E-state index contributed by atoms with van der Waals surface area (Å²) in [5.41, 5.74) is 6.73. The number of nitrogens with zero attached hydrogens (tertiary/aromatic N) is 2. The van der Waals surface area contributed by atoms with E-state index in [4.69, 9.17) is 0 Å². The third kappa shape index (κ3) is 6.07. The van der Waals surface area contributed by atoms with Crippen LogP contribution in [0.1, 0.15) is 5.56 Å². The molecule has 3 aromatic carbocycles. The molecule has 5 rings (SSSR count). The van der Waals surface area contributed by atoms with Crippen molar-refractivity contribution in [1.82, 2.24) is 4.98 Å². The summed E-state index contributed by atoms with van der Waals surface area (Å²) in [6, 6.07) is 40.4. The Morgan fingerprint density at radius 3 is 2.12 bits per heavy atom. The molecule has 3 heteroatoms. The number of para-hydroxylation sites is 1. The van der Waals surface area contributed by atoms with Gasteiger partial charge in [-0.3, -0.25) is 0 Å². The van der Waals surface area contributed by atoms with Crippen LogP contribution in [0.25, 0.3) is 28.1 Å². The standard InChI is InChI=1S/C18H14N.C11H8N.Ir/c1-15-7-5-6-10-18(15)16-11-13-19(14-12-16)17-8-3-2-4-9-17;1-2-6-10(7-3-1)11-8-4-5-9-12-11;/h2-8,10-13H,1H3;1-6,8-9H;/q2*-1;+3. The predicted octanol–water partition coefficient (Wildman–Crippen LogP) is 6.09. The van der Waals surface area contributed by atoms with Gasteiger partial charge >= 0.3 is 20.1 Å². The normalized spacial score (nSPS) is 9.78. The molecule has 0 amide bonds. The molecule has 0 unspecified atom stereocenters. The van der Waals surface area contributed by atoms with Gasteiger partial charge in [-0.25, -0.2) is 0 Å². The molecule has 0 fully saturated rings. The zero-order valence-electron chi connectivity index (χ0n) is 17.7. The third-order valence-electron chi connectivity index (χ3n) is 4.82. The molecule has 0 saturated carbocycles. The molecular weight excluding hydrogens is 569 g/mol. The topological polar surface area (TPSA) is 16.8 Å². The largest absolute Gasteiger partial charge is 3.00 e. The molecule has 0 atom stereocenters. The van der Waals surface area contributed by atoms with Gasteiger partial charge in [-0.05, 0) is 18.7 Å². The Bertz CT molecular complexity index is 1170. The first-order valence-corrected chi connectivity index (χ1v) is 10.2. The maximum atomic E-state index is 4.22. The first-order chi connectivity index (χ1) is 15.3. The van der Waals surface area contributed by atoms with Crippen LogP contribution in [0, 0.1) is 25.3 Å². The fourth-order valence-electron chi connectivity index (χ4n) is 3.21. The van der Waals surface area contributed by atoms with Gasteiger partial charge in [0.2, 0.25) is 0 Å². The van der Waals surface area contributed by atoms with Gasteiger partial charge in [0.25, 0.3) is 0 Å². The summed E-state index contributed by atoms with van der Waals surface area (Å²) in [6.07, 6.45) is 7.07. The van der Waals surface area contributed by atoms with E-state index >= 15 is 0 Å². The van der Waals surface area contributed by atoms with Crippen LogP contribution in [0.3, 0.4) is 0 Å². The quantitative estimate of drug-likeness (QED) is 0.184. The van der Waals surface area contributed by atoms with Crippen LogP contribution < -0.4 is 4.57 Å². The van der Waals surface area contributed by atoms with Crippen molar-refractivity contribution in [3.63, 3.8) is 0 Å². The summed E-state index contributed by atoms with van der Waals surface area (Å²) < 4.78 is 1.95. The van der Waals surface area contributed by atoms with E-state index in [1.165, 1.54) is 16.7 Å². The molecule has 2 aromatic heterocycles. The second-order valence-electron chi connectivity index (χ2n) is 6.97. The van der Waals surface area contributed by atoms with Crippen molar-refractivity contribution in [3.05, 3.63) is 139 Å². The van der Waals surface area contributed by atoms with Crippen molar-refractivity contribution in [2.75, 3.05) is 0 Å². The van der Waals surface area contributed by atoms with E-state index in [2.05, 4.69) is 60.6 Å². The fraction of sp³-hybridized carbons (Fsp3) is 0.0345. The molecule has 0 aliphatic heterocycles. The molecule has 2 heterocycles. The van der Waals surface area contributed by atoms with Gasteiger partial charge in [0.1, 0.15) is 0 Å². The molecular formula is C29H22IrN2+. The van der Waals surface area contributed by atoms with Crippen molar-refractivity contribution in [1.29, 1.82) is 0 Å². The fourth-order valence-corrected chi connectivity index (χ4v) is 3.21. The molecule has 0 N–H and O–H groups in total. The summed E-state index contributed by atoms with van der Waals surface area (Å²) >= 11 is 0. The number of aryl methyl sites for hydroxylation is 1. The Kier molecular flexibility index (Phi) is 8.62. The Balaban J connectivity index is 0.000000193. The van der Waals surface area contributed by atoms with Crippen molar-refractivity contribution in [2.24, 2.45) is 0 Å². The van der Waals surface area contributed by atoms with Gasteiger partial charge in [-0.1, -0.05) is 65.2 Å². The van der Waals surface area contributed by atoms with E-state index in [0.717, 1.165) is 16.9 Å². The molecule has 0 spiro atoms. The second-order valence-corrected chi connectivity index (χ2v) is 6.97. The van der Waals surface area contributed by atoms with Crippen LogP contribution in [-0.4, -0.2) is 4.98 Å². The molecule has 32 heavy (non-hydrogen) atoms. The SMILES string of the molecule is Cc1ccccc1-c1c[c-][n+](-c2[c-]cccc2)cc1.[Ir+3].[c-]1ccccc1-c1ccccn1. The van der Waals surface area contributed by atoms with Crippen molar-refractivity contribution in [3.8, 4) is 28.1 Å². The Morgan fingerprint density at radius 1 is 0.750 bits per heavy atom. The van der Waals surface area contributed by atoms with Crippen molar-refractivity contribution in [2.45, 2.75) is 6.92 Å². The van der Waals surface area contributed by atoms with Crippen LogP contribution in [0.2, 0.25) is 0 Å². The number of rotatable bonds is 3. The molecule has 5 aromatic rings. The van der Waals surface area contributed by atoms with Gasteiger partial charge in [0.15, 0.2) is 6.20 Å². The average Bonchev–Trinajstić information content (AvgIpc) is 2.87. The molecule has 0 bridgehead atoms. The van der Waals surface area contributed by atoms with E-state index in [1.54, 1.807) is 6.20 Å². The second kappa shape index (κ2) is 11.9. The minimum Gasteiger partial charge on any atom is -0.307 e. The molecule has 2 nitrogen and oxygen atoms in total. The number of pyridine rings is 2. The van der Waals surface area contributed by atoms with Gasteiger partial charge in [0, 0.05) is 11.9 Å². The van der Waals surface area contributed by atoms with Gasteiger partial charge in [-0.2, -0.15) is 24.3 Å². The van der Waals surface area contributed by atoms with Crippen molar-refractivity contribution < 1.29 is 24.7 Å². The number of aromatic nitrogens is 2. The number of hydrogen-bond acceptors (Lipinski definition) is 1. The van der Waals surface area contributed by atoms with Crippen LogP contribution in [0.15, 0.2) is 116 Å². The minimum atomic E-state index is 0. The van der Waals surface area contributed by atoms with E-state index in [0.29, 0.717) is 0 Å². The summed E-state index contributed by atoms with van der Waals surface area (Å²) in [4.78, 5) is 4.22. The zero-order valence-corrected chi connectivity index (χ0v) is 20.1. The first-order valence-electron chi connectivity index (χ1n) is 10.2. The van der Waals surface area contributed by atoms with E-state index in [9.17, 15) is 0 Å². The zero-order chi connectivity index (χ0) is 21.3. The van der Waals surface area contributed by atoms with Gasteiger partial charge in [-0.15, -0.1) is 42.0 Å². The van der Waals surface area contributed by atoms with E-state index < -0.39 is 0 Å². The maximum absolute atomic E-state index is 4.22. The minimum absolute atomic E-state index is 0. The summed E-state index contributed by atoms with van der Waals surface area (Å²) in [6.45, 7) is 2.13. The smallest absolute Gasteiger partial charge is 0.307 e. The van der Waals surface area contributed by atoms with Crippen LogP contribution in [0.4, 0.5) is 0 Å². The van der Waals surface area contributed by atoms with Crippen LogP contribution >= 0.6 is 0 Å². The molecule has 0 radical (unpaired) electrons. The monoisotopic (exact) mass is 591 g/mol. The summed E-state index contributed by atoms with van der Waals surface area (Å²) in [5.74, 6) is 0. The summed E-state index contributed by atoms with van der Waals surface area (Å²) in [5, 5.41) is 0. The van der Waals surface area contributed by atoms with E-state index in [-0.39, 0.29) is 20.1 Å². The maximum Gasteiger partial charge on any atom is 3.00 e. The van der Waals surface area contributed by atoms with Gasteiger partial charge in [0.05, 0.1) is 6.20 Å². The predicted molar refractivity (Wildman–Crippen MR) is 124 cm³/mol. The molecule has 0 aliphatic carbocycles. The third-order valence-corrected chi connectivity index (χ3v) is 4.82. The average molecular weight is 591 g/mol. The first kappa shape index (κ1) is 23.3. The Hall–Kier alpha value is -3.39.